The van der Waals surface area contributed by atoms with Crippen molar-refractivity contribution in [2.24, 2.45) is 10.7 Å². The molecular weight excluding hydrogens is 396 g/mol. The SMILES string of the molecule is Cc1nc(C(=O)Nc2ccc3c(c2)[C@]2(CCO3)CS(=O)(=O)C(C)(C)C(N)=N2)co1. The number of aliphatic imine (C=N–C) groups is 1. The van der Waals surface area contributed by atoms with E-state index in [0.717, 1.165) is 0 Å². The van der Waals surface area contributed by atoms with Crippen LogP contribution >= 0.6 is 0 Å². The van der Waals surface area contributed by atoms with Gasteiger partial charge in [0.1, 0.15) is 28.1 Å². The molecular formula is C19H22N4O5S. The second-order valence-corrected chi connectivity index (χ2v) is 10.4. The average molecular weight is 418 g/mol. The largest absolute Gasteiger partial charge is 0.493 e. The highest BCUT2D eigenvalue weighted by Crippen LogP contribution is 2.46. The summed E-state index contributed by atoms with van der Waals surface area (Å²) in [4.78, 5) is 21.0. The number of aromatic nitrogens is 1. The van der Waals surface area contributed by atoms with Gasteiger partial charge in [-0.3, -0.25) is 9.79 Å². The highest BCUT2D eigenvalue weighted by Gasteiger charge is 2.52. The lowest BCUT2D eigenvalue weighted by Crippen LogP contribution is -2.56. The Balaban J connectivity index is 1.75. The summed E-state index contributed by atoms with van der Waals surface area (Å²) in [6.45, 7) is 5.09. The second kappa shape index (κ2) is 6.31. The van der Waals surface area contributed by atoms with Crippen molar-refractivity contribution in [2.75, 3.05) is 17.7 Å². The van der Waals surface area contributed by atoms with Crippen LogP contribution in [0, 0.1) is 6.92 Å². The molecule has 4 rings (SSSR count). The molecule has 1 spiro atoms. The van der Waals surface area contributed by atoms with Crippen LogP contribution in [0.1, 0.15) is 42.2 Å². The fraction of sp³-hybridized carbons (Fsp3) is 0.421. The van der Waals surface area contributed by atoms with Crippen LogP contribution in [0.2, 0.25) is 0 Å². The lowest BCUT2D eigenvalue weighted by molar-refractivity contribution is 0.102. The Labute approximate surface area is 168 Å². The zero-order valence-electron chi connectivity index (χ0n) is 16.4. The molecule has 0 radical (unpaired) electrons. The molecule has 2 aliphatic rings. The number of nitrogens with one attached hydrogen (secondary N) is 1. The van der Waals surface area contributed by atoms with E-state index >= 15 is 0 Å². The number of aryl methyl sites for hydroxylation is 1. The van der Waals surface area contributed by atoms with Gasteiger partial charge in [-0.15, -0.1) is 0 Å². The van der Waals surface area contributed by atoms with Crippen LogP contribution in [0.4, 0.5) is 5.69 Å². The van der Waals surface area contributed by atoms with Crippen LogP contribution in [-0.2, 0) is 15.4 Å². The normalized spacial score (nSPS) is 24.3. The number of fused-ring (bicyclic) bond motifs is 2. The first-order chi connectivity index (χ1) is 13.5. The van der Waals surface area contributed by atoms with Gasteiger partial charge in [-0.2, -0.15) is 0 Å². The van der Waals surface area contributed by atoms with Crippen molar-refractivity contribution in [1.82, 2.24) is 4.98 Å². The topological polar surface area (TPSA) is 137 Å². The summed E-state index contributed by atoms with van der Waals surface area (Å²) in [6.07, 6.45) is 1.64. The van der Waals surface area contributed by atoms with E-state index in [-0.39, 0.29) is 17.3 Å². The molecule has 2 aromatic rings. The highest BCUT2D eigenvalue weighted by atomic mass is 32.2. The number of carbonyl (C=O) groups is 1. The third-order valence-corrected chi connectivity index (χ3v) is 8.14. The minimum absolute atomic E-state index is 0.0733. The highest BCUT2D eigenvalue weighted by molar-refractivity contribution is 7.93. The van der Waals surface area contributed by atoms with Gasteiger partial charge in [-0.1, -0.05) is 0 Å². The number of benzene rings is 1. The number of anilines is 1. The number of nitrogens with zero attached hydrogens (tertiary/aromatic N) is 2. The molecule has 9 nitrogen and oxygen atoms in total. The van der Waals surface area contributed by atoms with E-state index in [1.165, 1.54) is 6.26 Å². The number of carbonyl (C=O) groups excluding carboxylic acids is 1. The van der Waals surface area contributed by atoms with Crippen LogP contribution < -0.4 is 15.8 Å². The third-order valence-electron chi connectivity index (χ3n) is 5.52. The summed E-state index contributed by atoms with van der Waals surface area (Å²) >= 11 is 0. The Hall–Kier alpha value is -2.88. The molecule has 0 saturated heterocycles. The van der Waals surface area contributed by atoms with Gasteiger partial charge in [0.15, 0.2) is 21.4 Å². The Morgan fingerprint density at radius 1 is 1.31 bits per heavy atom. The average Bonchev–Trinajstić information content (AvgIpc) is 3.07. The molecule has 3 heterocycles. The number of nitrogens with two attached hydrogens (primary N) is 1. The summed E-state index contributed by atoms with van der Waals surface area (Å²) in [5.41, 5.74) is 6.24. The molecule has 1 amide bonds. The number of hydrogen-bond donors (Lipinski definition) is 2. The van der Waals surface area contributed by atoms with Crippen LogP contribution in [0.3, 0.4) is 0 Å². The van der Waals surface area contributed by atoms with Crippen LogP contribution in [-0.4, -0.2) is 42.3 Å². The van der Waals surface area contributed by atoms with Gasteiger partial charge in [0, 0.05) is 24.6 Å². The first kappa shape index (κ1) is 19.4. The van der Waals surface area contributed by atoms with Crippen molar-refractivity contribution in [3.05, 3.63) is 41.6 Å². The van der Waals surface area contributed by atoms with Gasteiger partial charge in [-0.25, -0.2) is 13.4 Å². The molecule has 1 aromatic carbocycles. The molecule has 0 unspecified atom stereocenters. The monoisotopic (exact) mass is 418 g/mol. The van der Waals surface area contributed by atoms with Crippen LogP contribution in [0.15, 0.2) is 33.9 Å². The second-order valence-electron chi connectivity index (χ2n) is 7.81. The van der Waals surface area contributed by atoms with E-state index in [2.05, 4.69) is 15.3 Å². The van der Waals surface area contributed by atoms with Gasteiger partial charge in [0.05, 0.1) is 12.4 Å². The number of sulfone groups is 1. The third kappa shape index (κ3) is 3.07. The lowest BCUT2D eigenvalue weighted by atomic mass is 9.85. The van der Waals surface area contributed by atoms with Crippen molar-refractivity contribution < 1.29 is 22.4 Å². The molecule has 1 atom stereocenters. The van der Waals surface area contributed by atoms with Crippen LogP contribution in [0.5, 0.6) is 5.75 Å². The molecule has 0 saturated carbocycles. The molecule has 3 N–H and O–H groups in total. The molecule has 0 aliphatic carbocycles. The molecule has 1 aromatic heterocycles. The van der Waals surface area contributed by atoms with E-state index in [0.29, 0.717) is 35.9 Å². The van der Waals surface area contributed by atoms with E-state index in [1.54, 1.807) is 39.0 Å². The van der Waals surface area contributed by atoms with Crippen molar-refractivity contribution in [3.8, 4) is 5.75 Å². The first-order valence-corrected chi connectivity index (χ1v) is 10.8. The first-order valence-electron chi connectivity index (χ1n) is 9.13. The van der Waals surface area contributed by atoms with Crippen molar-refractivity contribution in [2.45, 2.75) is 37.5 Å². The fourth-order valence-electron chi connectivity index (χ4n) is 3.54. The number of oxazole rings is 1. The molecule has 2 aliphatic heterocycles. The zero-order valence-corrected chi connectivity index (χ0v) is 17.2. The van der Waals surface area contributed by atoms with Gasteiger partial charge >= 0.3 is 0 Å². The van der Waals surface area contributed by atoms with Crippen molar-refractivity contribution in [1.29, 1.82) is 0 Å². The predicted molar refractivity (Wildman–Crippen MR) is 107 cm³/mol. The number of amidine groups is 1. The lowest BCUT2D eigenvalue weighted by Gasteiger charge is -2.42. The Kier molecular flexibility index (Phi) is 4.23. The predicted octanol–water partition coefficient (Wildman–Crippen LogP) is 1.78. The number of hydrogen-bond acceptors (Lipinski definition) is 8. The van der Waals surface area contributed by atoms with Crippen molar-refractivity contribution >= 4 is 27.3 Å². The summed E-state index contributed by atoms with van der Waals surface area (Å²) in [6, 6.07) is 5.05. The minimum atomic E-state index is -3.56. The van der Waals surface area contributed by atoms with Crippen molar-refractivity contribution in [3.63, 3.8) is 0 Å². The maximum atomic E-state index is 13.0. The molecule has 0 fully saturated rings. The Morgan fingerprint density at radius 3 is 2.72 bits per heavy atom. The smallest absolute Gasteiger partial charge is 0.277 e. The van der Waals surface area contributed by atoms with E-state index in [1.807, 2.05) is 0 Å². The Bertz CT molecular complexity index is 1140. The van der Waals surface area contributed by atoms with Gasteiger partial charge in [0.25, 0.3) is 5.91 Å². The maximum absolute atomic E-state index is 13.0. The van der Waals surface area contributed by atoms with E-state index in [9.17, 15) is 13.2 Å². The molecule has 29 heavy (non-hydrogen) atoms. The summed E-state index contributed by atoms with van der Waals surface area (Å²) < 4.78 is 35.5. The molecule has 154 valence electrons. The van der Waals surface area contributed by atoms with Gasteiger partial charge in [0.2, 0.25) is 0 Å². The number of amides is 1. The zero-order chi connectivity index (χ0) is 21.0. The number of ether oxygens (including phenoxy) is 1. The van der Waals surface area contributed by atoms with E-state index < -0.39 is 26.0 Å². The number of rotatable bonds is 2. The van der Waals surface area contributed by atoms with E-state index in [4.69, 9.17) is 14.9 Å². The Morgan fingerprint density at radius 2 is 2.07 bits per heavy atom. The maximum Gasteiger partial charge on any atom is 0.277 e. The summed E-state index contributed by atoms with van der Waals surface area (Å²) in [5.74, 6) is 0.368. The molecule has 0 bridgehead atoms. The standard InChI is InChI=1S/C19H22N4O5S/c1-11-21-14(9-28-11)16(24)22-12-4-5-15-13(8-12)19(6-7-27-15)10-29(25,26)18(2,3)17(20)23-19/h4-5,8-9H,6-7,10H2,1-3H3,(H2,20,23)(H,22,24)/t19-/m0/s1. The molecule has 10 heteroatoms. The van der Waals surface area contributed by atoms with Crippen LogP contribution in [0.25, 0.3) is 0 Å². The van der Waals surface area contributed by atoms with Gasteiger partial charge < -0.3 is 20.2 Å². The summed E-state index contributed by atoms with van der Waals surface area (Å²) in [7, 11) is -3.56. The quantitative estimate of drug-likeness (QED) is 0.758. The fourth-order valence-corrected chi connectivity index (χ4v) is 5.26. The summed E-state index contributed by atoms with van der Waals surface area (Å²) in [5, 5.41) is 2.75. The van der Waals surface area contributed by atoms with Gasteiger partial charge in [-0.05, 0) is 32.0 Å². The minimum Gasteiger partial charge on any atom is -0.493 e.